The molecule has 0 radical (unpaired) electrons. The summed E-state index contributed by atoms with van der Waals surface area (Å²) < 4.78 is 5.59. The Kier molecular flexibility index (Phi) is 4.98. The van der Waals surface area contributed by atoms with Crippen molar-refractivity contribution in [2.45, 2.75) is 6.04 Å². The lowest BCUT2D eigenvalue weighted by molar-refractivity contribution is 0.195. The molecular weight excluding hydrogens is 296 g/mol. The van der Waals surface area contributed by atoms with Crippen molar-refractivity contribution < 1.29 is 4.74 Å². The summed E-state index contributed by atoms with van der Waals surface area (Å²) in [6.07, 6.45) is 0. The summed E-state index contributed by atoms with van der Waals surface area (Å²) in [5, 5.41) is 4.16. The van der Waals surface area contributed by atoms with Gasteiger partial charge < -0.3 is 10.1 Å². The largest absolute Gasteiger partial charge is 0.496 e. The number of hydrogen-bond acceptors (Lipinski definition) is 3. The summed E-state index contributed by atoms with van der Waals surface area (Å²) in [6.45, 7) is 4.03. The van der Waals surface area contributed by atoms with Crippen LogP contribution in [0.25, 0.3) is 0 Å². The molecule has 0 bridgehead atoms. The fraction of sp³-hybridized carbons (Fsp3) is 0.333. The first-order valence-electron chi connectivity index (χ1n) is 7.63. The van der Waals surface area contributed by atoms with Gasteiger partial charge in [0.1, 0.15) is 5.75 Å². The van der Waals surface area contributed by atoms with Crippen LogP contribution in [0.5, 0.6) is 5.75 Å². The van der Waals surface area contributed by atoms with E-state index in [0.717, 1.165) is 42.5 Å². The number of ether oxygens (including phenoxy) is 1. The summed E-state index contributed by atoms with van der Waals surface area (Å²) >= 11 is 6.26. The van der Waals surface area contributed by atoms with Gasteiger partial charge >= 0.3 is 0 Å². The highest BCUT2D eigenvalue weighted by molar-refractivity contribution is 6.30. The Morgan fingerprint density at radius 2 is 1.82 bits per heavy atom. The van der Waals surface area contributed by atoms with Crippen LogP contribution >= 0.6 is 11.6 Å². The summed E-state index contributed by atoms with van der Waals surface area (Å²) in [7, 11) is 1.71. The Morgan fingerprint density at radius 1 is 1.09 bits per heavy atom. The van der Waals surface area contributed by atoms with E-state index in [1.165, 1.54) is 5.56 Å². The van der Waals surface area contributed by atoms with Crippen LogP contribution < -0.4 is 10.1 Å². The molecule has 1 fully saturated rings. The monoisotopic (exact) mass is 316 g/mol. The minimum Gasteiger partial charge on any atom is -0.496 e. The molecule has 4 heteroatoms. The van der Waals surface area contributed by atoms with Gasteiger partial charge in [-0.3, -0.25) is 4.90 Å². The molecule has 0 spiro atoms. The van der Waals surface area contributed by atoms with Crippen molar-refractivity contribution in [2.24, 2.45) is 0 Å². The zero-order valence-corrected chi connectivity index (χ0v) is 13.5. The van der Waals surface area contributed by atoms with E-state index in [1.54, 1.807) is 7.11 Å². The number of benzene rings is 2. The molecule has 0 aromatic heterocycles. The third-order valence-corrected chi connectivity index (χ3v) is 4.35. The number of nitrogens with zero attached hydrogens (tertiary/aromatic N) is 1. The van der Waals surface area contributed by atoms with Crippen LogP contribution in [0, 0.1) is 0 Å². The second-order valence-electron chi connectivity index (χ2n) is 5.49. The van der Waals surface area contributed by atoms with Crippen LogP contribution in [0.15, 0.2) is 48.5 Å². The molecule has 0 saturated carbocycles. The van der Waals surface area contributed by atoms with E-state index < -0.39 is 0 Å². The Balaban J connectivity index is 2.07. The van der Waals surface area contributed by atoms with Gasteiger partial charge in [-0.1, -0.05) is 41.9 Å². The molecule has 1 heterocycles. The van der Waals surface area contributed by atoms with Crippen molar-refractivity contribution in [3.63, 3.8) is 0 Å². The Bertz CT molecular complexity index is 612. The van der Waals surface area contributed by atoms with Crippen LogP contribution in [-0.2, 0) is 0 Å². The van der Waals surface area contributed by atoms with Crippen molar-refractivity contribution in [1.29, 1.82) is 0 Å². The minimum absolute atomic E-state index is 0.164. The van der Waals surface area contributed by atoms with Crippen molar-refractivity contribution in [1.82, 2.24) is 10.2 Å². The molecule has 1 unspecified atom stereocenters. The van der Waals surface area contributed by atoms with Gasteiger partial charge in [-0.25, -0.2) is 0 Å². The van der Waals surface area contributed by atoms with Gasteiger partial charge in [0, 0.05) is 36.8 Å². The maximum absolute atomic E-state index is 6.26. The Hall–Kier alpha value is -1.55. The molecule has 22 heavy (non-hydrogen) atoms. The van der Waals surface area contributed by atoms with E-state index >= 15 is 0 Å². The first kappa shape index (κ1) is 15.3. The van der Waals surface area contributed by atoms with Gasteiger partial charge in [0.25, 0.3) is 0 Å². The molecule has 0 amide bonds. The fourth-order valence-electron chi connectivity index (χ4n) is 3.08. The maximum Gasteiger partial charge on any atom is 0.124 e. The zero-order chi connectivity index (χ0) is 15.4. The first-order chi connectivity index (χ1) is 10.8. The predicted molar refractivity (Wildman–Crippen MR) is 90.7 cm³/mol. The first-order valence-corrected chi connectivity index (χ1v) is 8.00. The van der Waals surface area contributed by atoms with E-state index in [1.807, 2.05) is 24.3 Å². The number of piperazine rings is 1. The van der Waals surface area contributed by atoms with Gasteiger partial charge in [0.15, 0.2) is 0 Å². The quantitative estimate of drug-likeness (QED) is 0.936. The standard InChI is InChI=1S/C18H21ClN2O/c1-22-17-8-7-15(19)13-16(17)18(14-5-3-2-4-6-14)21-11-9-20-10-12-21/h2-8,13,18,20H,9-12H2,1H3. The molecule has 2 aromatic carbocycles. The van der Waals surface area contributed by atoms with Crippen molar-refractivity contribution in [3.8, 4) is 5.75 Å². The maximum atomic E-state index is 6.26. The molecule has 1 aliphatic heterocycles. The second-order valence-corrected chi connectivity index (χ2v) is 5.92. The number of hydrogen-bond donors (Lipinski definition) is 1. The third-order valence-electron chi connectivity index (χ3n) is 4.12. The van der Waals surface area contributed by atoms with Gasteiger partial charge in [-0.2, -0.15) is 0 Å². The van der Waals surface area contributed by atoms with Gasteiger partial charge in [0.2, 0.25) is 0 Å². The molecule has 0 aliphatic carbocycles. The lowest BCUT2D eigenvalue weighted by Crippen LogP contribution is -2.45. The summed E-state index contributed by atoms with van der Waals surface area (Å²) in [6, 6.07) is 16.6. The van der Waals surface area contributed by atoms with Crippen LogP contribution in [0.4, 0.5) is 0 Å². The summed E-state index contributed by atoms with van der Waals surface area (Å²) in [4.78, 5) is 2.49. The van der Waals surface area contributed by atoms with Crippen molar-refractivity contribution in [2.75, 3.05) is 33.3 Å². The lowest BCUT2D eigenvalue weighted by atomic mass is 9.95. The van der Waals surface area contributed by atoms with E-state index in [9.17, 15) is 0 Å². The fourth-order valence-corrected chi connectivity index (χ4v) is 3.26. The minimum atomic E-state index is 0.164. The van der Waals surface area contributed by atoms with Crippen LogP contribution in [-0.4, -0.2) is 38.2 Å². The molecule has 1 saturated heterocycles. The molecule has 1 atom stereocenters. The summed E-state index contributed by atoms with van der Waals surface area (Å²) in [5.41, 5.74) is 2.40. The lowest BCUT2D eigenvalue weighted by Gasteiger charge is -2.36. The third kappa shape index (κ3) is 3.27. The van der Waals surface area contributed by atoms with E-state index in [2.05, 4.69) is 34.5 Å². The smallest absolute Gasteiger partial charge is 0.124 e. The predicted octanol–water partition coefficient (Wildman–Crippen LogP) is 3.34. The number of nitrogens with one attached hydrogen (secondary N) is 1. The van der Waals surface area contributed by atoms with Gasteiger partial charge in [0.05, 0.1) is 13.2 Å². The van der Waals surface area contributed by atoms with Gasteiger partial charge in [-0.05, 0) is 23.8 Å². The van der Waals surface area contributed by atoms with E-state index in [-0.39, 0.29) is 6.04 Å². The number of methoxy groups -OCH3 is 1. The SMILES string of the molecule is COc1ccc(Cl)cc1C(c1ccccc1)N1CCNCC1. The van der Waals surface area contributed by atoms with Crippen LogP contribution in [0.2, 0.25) is 5.02 Å². The van der Waals surface area contributed by atoms with Crippen LogP contribution in [0.1, 0.15) is 17.2 Å². The highest BCUT2D eigenvalue weighted by atomic mass is 35.5. The Morgan fingerprint density at radius 3 is 2.50 bits per heavy atom. The highest BCUT2D eigenvalue weighted by Crippen LogP contribution is 2.36. The Labute approximate surface area is 136 Å². The second kappa shape index (κ2) is 7.14. The average molecular weight is 317 g/mol. The highest BCUT2D eigenvalue weighted by Gasteiger charge is 2.26. The molecule has 1 aliphatic rings. The topological polar surface area (TPSA) is 24.5 Å². The molecule has 2 aromatic rings. The normalized spacial score (nSPS) is 17.2. The number of rotatable bonds is 4. The average Bonchev–Trinajstić information content (AvgIpc) is 2.57. The molecule has 3 nitrogen and oxygen atoms in total. The van der Waals surface area contributed by atoms with E-state index in [4.69, 9.17) is 16.3 Å². The van der Waals surface area contributed by atoms with Crippen molar-refractivity contribution >= 4 is 11.6 Å². The zero-order valence-electron chi connectivity index (χ0n) is 12.8. The number of halogens is 1. The van der Waals surface area contributed by atoms with Gasteiger partial charge in [-0.15, -0.1) is 0 Å². The van der Waals surface area contributed by atoms with E-state index in [0.29, 0.717) is 0 Å². The molecule has 116 valence electrons. The molecule has 3 rings (SSSR count). The van der Waals surface area contributed by atoms with Crippen molar-refractivity contribution in [3.05, 3.63) is 64.7 Å². The molecule has 1 N–H and O–H groups in total. The summed E-state index contributed by atoms with van der Waals surface area (Å²) in [5.74, 6) is 0.886. The van der Waals surface area contributed by atoms with Crippen LogP contribution in [0.3, 0.4) is 0 Å². The molecular formula is C18H21ClN2O.